The van der Waals surface area contributed by atoms with E-state index in [0.717, 1.165) is 36.1 Å². The fourth-order valence-corrected chi connectivity index (χ4v) is 1.58. The summed E-state index contributed by atoms with van der Waals surface area (Å²) in [5.41, 5.74) is 1.05. The van der Waals surface area contributed by atoms with E-state index in [1.54, 1.807) is 7.11 Å². The molecule has 1 heterocycles. The fourth-order valence-electron chi connectivity index (χ4n) is 1.58. The van der Waals surface area contributed by atoms with Crippen LogP contribution in [-0.4, -0.2) is 36.8 Å². The minimum Gasteiger partial charge on any atom is -0.383 e. The molecule has 0 spiro atoms. The Labute approximate surface area is 109 Å². The van der Waals surface area contributed by atoms with E-state index in [9.17, 15) is 0 Å². The molecule has 2 N–H and O–H groups in total. The van der Waals surface area contributed by atoms with Gasteiger partial charge in [-0.15, -0.1) is 0 Å². The number of ether oxygens (including phenoxy) is 1. The molecule has 0 amide bonds. The average Bonchev–Trinajstić information content (AvgIpc) is 2.33. The standard InChI is InChI=1S/C13H24N4O/c1-6-14-12-10(4)13(15-7-8-18-5)17-11(16-12)9(2)3/h9H,6-8H2,1-5H3,(H2,14,15,16,17). The van der Waals surface area contributed by atoms with E-state index in [1.165, 1.54) is 0 Å². The van der Waals surface area contributed by atoms with Gasteiger partial charge in [0.2, 0.25) is 0 Å². The third-order valence-corrected chi connectivity index (χ3v) is 2.62. The molecule has 0 aliphatic heterocycles. The normalized spacial score (nSPS) is 10.8. The van der Waals surface area contributed by atoms with Gasteiger partial charge in [0.05, 0.1) is 6.61 Å². The lowest BCUT2D eigenvalue weighted by molar-refractivity contribution is 0.210. The molecule has 0 aliphatic rings. The summed E-state index contributed by atoms with van der Waals surface area (Å²) in [6.07, 6.45) is 0. The Kier molecular flexibility index (Phi) is 5.85. The van der Waals surface area contributed by atoms with E-state index < -0.39 is 0 Å². The van der Waals surface area contributed by atoms with Gasteiger partial charge in [0, 0.05) is 31.7 Å². The van der Waals surface area contributed by atoms with Crippen molar-refractivity contribution in [3.63, 3.8) is 0 Å². The number of nitrogens with one attached hydrogen (secondary N) is 2. The van der Waals surface area contributed by atoms with Crippen molar-refractivity contribution in [2.24, 2.45) is 0 Å². The maximum atomic E-state index is 5.04. The van der Waals surface area contributed by atoms with Crippen molar-refractivity contribution >= 4 is 11.6 Å². The number of nitrogens with zero attached hydrogens (tertiary/aromatic N) is 2. The van der Waals surface area contributed by atoms with Crippen molar-refractivity contribution in [2.45, 2.75) is 33.6 Å². The van der Waals surface area contributed by atoms with Crippen LogP contribution in [0, 0.1) is 6.92 Å². The molecule has 1 aromatic heterocycles. The third kappa shape index (κ3) is 3.84. The molecule has 18 heavy (non-hydrogen) atoms. The van der Waals surface area contributed by atoms with Crippen LogP contribution >= 0.6 is 0 Å². The van der Waals surface area contributed by atoms with Crippen molar-refractivity contribution in [2.75, 3.05) is 37.4 Å². The van der Waals surface area contributed by atoms with Crippen molar-refractivity contribution in [1.82, 2.24) is 9.97 Å². The monoisotopic (exact) mass is 252 g/mol. The number of aromatic nitrogens is 2. The SMILES string of the molecule is CCNc1nc(C(C)C)nc(NCCOC)c1C. The Balaban J connectivity index is 2.98. The Hall–Kier alpha value is -1.36. The second-order valence-corrected chi connectivity index (χ2v) is 4.51. The van der Waals surface area contributed by atoms with Crippen molar-refractivity contribution < 1.29 is 4.74 Å². The Morgan fingerprint density at radius 3 is 2.28 bits per heavy atom. The molecular weight excluding hydrogens is 228 g/mol. The topological polar surface area (TPSA) is 59.1 Å². The molecule has 5 nitrogen and oxygen atoms in total. The first kappa shape index (κ1) is 14.7. The summed E-state index contributed by atoms with van der Waals surface area (Å²) >= 11 is 0. The van der Waals surface area contributed by atoms with Crippen LogP contribution in [-0.2, 0) is 4.74 Å². The minimum absolute atomic E-state index is 0.311. The smallest absolute Gasteiger partial charge is 0.135 e. The van der Waals surface area contributed by atoms with Crippen molar-refractivity contribution in [3.05, 3.63) is 11.4 Å². The van der Waals surface area contributed by atoms with Gasteiger partial charge in [-0.1, -0.05) is 13.8 Å². The highest BCUT2D eigenvalue weighted by Crippen LogP contribution is 2.22. The first-order valence-corrected chi connectivity index (χ1v) is 6.45. The van der Waals surface area contributed by atoms with Crippen molar-refractivity contribution in [3.8, 4) is 0 Å². The van der Waals surface area contributed by atoms with E-state index in [0.29, 0.717) is 12.5 Å². The summed E-state index contributed by atoms with van der Waals surface area (Å²) in [7, 11) is 1.69. The number of methoxy groups -OCH3 is 1. The second-order valence-electron chi connectivity index (χ2n) is 4.51. The second kappa shape index (κ2) is 7.16. The van der Waals surface area contributed by atoms with Crippen LogP contribution in [0.15, 0.2) is 0 Å². The highest BCUT2D eigenvalue weighted by Gasteiger charge is 2.12. The molecule has 102 valence electrons. The zero-order chi connectivity index (χ0) is 13.5. The molecule has 0 unspecified atom stereocenters. The molecule has 0 radical (unpaired) electrons. The predicted molar refractivity (Wildman–Crippen MR) is 75.4 cm³/mol. The summed E-state index contributed by atoms with van der Waals surface area (Å²) in [5, 5.41) is 6.57. The van der Waals surface area contributed by atoms with Crippen LogP contribution in [0.4, 0.5) is 11.6 Å². The fraction of sp³-hybridized carbons (Fsp3) is 0.692. The maximum Gasteiger partial charge on any atom is 0.135 e. The van der Waals surface area contributed by atoms with Gasteiger partial charge in [-0.3, -0.25) is 0 Å². The number of rotatable bonds is 7. The minimum atomic E-state index is 0.311. The van der Waals surface area contributed by atoms with Gasteiger partial charge in [0.25, 0.3) is 0 Å². The molecular formula is C13H24N4O. The summed E-state index contributed by atoms with van der Waals surface area (Å²) < 4.78 is 5.04. The van der Waals surface area contributed by atoms with E-state index >= 15 is 0 Å². The van der Waals surface area contributed by atoms with E-state index in [2.05, 4.69) is 41.4 Å². The lowest BCUT2D eigenvalue weighted by Gasteiger charge is -2.15. The largest absolute Gasteiger partial charge is 0.383 e. The quantitative estimate of drug-likeness (QED) is 0.730. The average molecular weight is 252 g/mol. The van der Waals surface area contributed by atoms with Gasteiger partial charge in [-0.25, -0.2) is 9.97 Å². The number of anilines is 2. The highest BCUT2D eigenvalue weighted by atomic mass is 16.5. The molecule has 0 saturated heterocycles. The Morgan fingerprint density at radius 2 is 1.78 bits per heavy atom. The zero-order valence-corrected chi connectivity index (χ0v) is 12.0. The van der Waals surface area contributed by atoms with Gasteiger partial charge in [-0.2, -0.15) is 0 Å². The molecule has 0 aromatic carbocycles. The summed E-state index contributed by atoms with van der Waals surface area (Å²) in [4.78, 5) is 9.13. The van der Waals surface area contributed by atoms with Crippen LogP contribution < -0.4 is 10.6 Å². The molecule has 0 fully saturated rings. The Bertz CT molecular complexity index is 379. The molecule has 1 rings (SSSR count). The number of hydrogen-bond donors (Lipinski definition) is 2. The molecule has 0 saturated carbocycles. The first-order chi connectivity index (χ1) is 8.60. The summed E-state index contributed by atoms with van der Waals surface area (Å²) in [5.74, 6) is 2.97. The lowest BCUT2D eigenvalue weighted by atomic mass is 10.2. The van der Waals surface area contributed by atoms with Crippen LogP contribution in [0.3, 0.4) is 0 Å². The van der Waals surface area contributed by atoms with Gasteiger partial charge in [0.15, 0.2) is 0 Å². The highest BCUT2D eigenvalue weighted by molar-refractivity contribution is 5.57. The molecule has 5 heteroatoms. The van der Waals surface area contributed by atoms with Gasteiger partial charge in [0.1, 0.15) is 17.5 Å². The van der Waals surface area contributed by atoms with E-state index in [4.69, 9.17) is 4.74 Å². The summed E-state index contributed by atoms with van der Waals surface area (Å²) in [6, 6.07) is 0. The van der Waals surface area contributed by atoms with Gasteiger partial charge >= 0.3 is 0 Å². The number of hydrogen-bond acceptors (Lipinski definition) is 5. The molecule has 0 bridgehead atoms. The third-order valence-electron chi connectivity index (χ3n) is 2.62. The maximum absolute atomic E-state index is 5.04. The lowest BCUT2D eigenvalue weighted by Crippen LogP contribution is -2.14. The van der Waals surface area contributed by atoms with Crippen LogP contribution in [0.5, 0.6) is 0 Å². The molecule has 0 aliphatic carbocycles. The Morgan fingerprint density at radius 1 is 1.17 bits per heavy atom. The van der Waals surface area contributed by atoms with Crippen LogP contribution in [0.2, 0.25) is 0 Å². The zero-order valence-electron chi connectivity index (χ0n) is 12.0. The molecule has 0 atom stereocenters. The van der Waals surface area contributed by atoms with Gasteiger partial charge < -0.3 is 15.4 Å². The predicted octanol–water partition coefficient (Wildman–Crippen LogP) is 2.40. The first-order valence-electron chi connectivity index (χ1n) is 6.45. The van der Waals surface area contributed by atoms with Crippen molar-refractivity contribution in [1.29, 1.82) is 0 Å². The van der Waals surface area contributed by atoms with Crippen LogP contribution in [0.1, 0.15) is 38.1 Å². The summed E-state index contributed by atoms with van der Waals surface area (Å²) in [6.45, 7) is 10.5. The van der Waals surface area contributed by atoms with Gasteiger partial charge in [-0.05, 0) is 13.8 Å². The molecule has 1 aromatic rings. The van der Waals surface area contributed by atoms with Crippen LogP contribution in [0.25, 0.3) is 0 Å². The van der Waals surface area contributed by atoms with E-state index in [-0.39, 0.29) is 0 Å². The van der Waals surface area contributed by atoms with E-state index in [1.807, 2.05) is 6.92 Å².